The number of carbonyl (C=O) groups is 1. The molecule has 150 valence electrons. The van der Waals surface area contributed by atoms with E-state index in [0.717, 1.165) is 12.0 Å². The van der Waals surface area contributed by atoms with Gasteiger partial charge in [0.1, 0.15) is 22.4 Å². The zero-order valence-corrected chi connectivity index (χ0v) is 16.1. The van der Waals surface area contributed by atoms with E-state index in [4.69, 9.17) is 4.74 Å². The Morgan fingerprint density at radius 2 is 2.03 bits per heavy atom. The molecule has 1 aromatic heterocycles. The number of hydrogen-bond donors (Lipinski definition) is 2. The van der Waals surface area contributed by atoms with E-state index in [1.54, 1.807) is 18.2 Å². The first-order chi connectivity index (χ1) is 14.1. The summed E-state index contributed by atoms with van der Waals surface area (Å²) >= 11 is 1.21. The molecule has 2 heterocycles. The van der Waals surface area contributed by atoms with Gasteiger partial charge < -0.3 is 10.1 Å². The first-order valence-corrected chi connectivity index (χ1v) is 9.95. The van der Waals surface area contributed by atoms with Gasteiger partial charge >= 0.3 is 6.03 Å². The van der Waals surface area contributed by atoms with Gasteiger partial charge in [0.05, 0.1) is 12.6 Å². The highest BCUT2D eigenvalue weighted by Gasteiger charge is 2.22. The van der Waals surface area contributed by atoms with Crippen LogP contribution in [0.4, 0.5) is 18.7 Å². The van der Waals surface area contributed by atoms with Crippen LogP contribution in [0.2, 0.25) is 0 Å². The third-order valence-corrected chi connectivity index (χ3v) is 5.32. The van der Waals surface area contributed by atoms with Crippen LogP contribution in [-0.2, 0) is 6.42 Å². The van der Waals surface area contributed by atoms with E-state index >= 15 is 0 Å². The molecule has 9 heteroatoms. The van der Waals surface area contributed by atoms with Gasteiger partial charge in [0.25, 0.3) is 0 Å². The zero-order valence-electron chi connectivity index (χ0n) is 15.3. The number of carbonyl (C=O) groups excluding carboxylic acids is 1. The summed E-state index contributed by atoms with van der Waals surface area (Å²) in [5.74, 6) is -0.121. The molecule has 1 aliphatic rings. The van der Waals surface area contributed by atoms with Crippen molar-refractivity contribution < 1.29 is 18.3 Å². The van der Waals surface area contributed by atoms with Crippen molar-refractivity contribution in [1.82, 2.24) is 15.5 Å². The van der Waals surface area contributed by atoms with Crippen LogP contribution in [0.5, 0.6) is 5.75 Å². The average molecular weight is 416 g/mol. The second-order valence-corrected chi connectivity index (χ2v) is 7.69. The molecule has 2 N–H and O–H groups in total. The lowest BCUT2D eigenvalue weighted by Crippen LogP contribution is -2.32. The number of nitrogens with one attached hydrogen (secondary N) is 2. The molecule has 1 unspecified atom stereocenters. The molecule has 29 heavy (non-hydrogen) atoms. The molecule has 1 aliphatic heterocycles. The van der Waals surface area contributed by atoms with Gasteiger partial charge in [-0.15, -0.1) is 10.2 Å². The molecular formula is C20H18F2N4O2S. The fraction of sp³-hybridized carbons (Fsp3) is 0.250. The maximum Gasteiger partial charge on any atom is 0.321 e. The number of ether oxygens (including phenoxy) is 1. The normalized spacial score (nSPS) is 15.7. The van der Waals surface area contributed by atoms with Gasteiger partial charge in [-0.2, -0.15) is 0 Å². The molecule has 3 aromatic rings. The van der Waals surface area contributed by atoms with Crippen molar-refractivity contribution in [3.63, 3.8) is 0 Å². The molecule has 0 saturated heterocycles. The Bertz CT molecular complexity index is 1030. The molecule has 1 atom stereocenters. The topological polar surface area (TPSA) is 76.1 Å². The Hall–Kier alpha value is -3.07. The van der Waals surface area contributed by atoms with Crippen LogP contribution in [0.25, 0.3) is 0 Å². The van der Waals surface area contributed by atoms with Gasteiger partial charge in [0.2, 0.25) is 5.13 Å². The van der Waals surface area contributed by atoms with Crippen molar-refractivity contribution in [1.29, 1.82) is 0 Å². The quantitative estimate of drug-likeness (QED) is 0.659. The van der Waals surface area contributed by atoms with Gasteiger partial charge in [-0.3, -0.25) is 5.32 Å². The summed E-state index contributed by atoms with van der Waals surface area (Å²) < 4.78 is 32.6. The van der Waals surface area contributed by atoms with Crippen LogP contribution in [0.3, 0.4) is 0 Å². The predicted molar refractivity (Wildman–Crippen MR) is 105 cm³/mol. The SMILES string of the molecule is O=C(Nc1nnc(Cc2cccc(F)c2)s1)NC1CCCOc2ccc(F)cc21. The van der Waals surface area contributed by atoms with Crippen LogP contribution in [0.1, 0.15) is 35.0 Å². The molecule has 0 bridgehead atoms. The summed E-state index contributed by atoms with van der Waals surface area (Å²) in [5, 5.41) is 14.5. The van der Waals surface area contributed by atoms with E-state index in [1.807, 2.05) is 0 Å². The monoisotopic (exact) mass is 416 g/mol. The predicted octanol–water partition coefficient (Wildman–Crippen LogP) is 4.44. The maximum atomic E-state index is 13.7. The minimum atomic E-state index is -0.458. The van der Waals surface area contributed by atoms with Crippen LogP contribution in [-0.4, -0.2) is 22.8 Å². The molecule has 4 rings (SSSR count). The van der Waals surface area contributed by atoms with E-state index in [2.05, 4.69) is 20.8 Å². The second-order valence-electron chi connectivity index (χ2n) is 6.63. The number of hydrogen-bond acceptors (Lipinski definition) is 5. The Morgan fingerprint density at radius 3 is 2.90 bits per heavy atom. The van der Waals surface area contributed by atoms with Gasteiger partial charge in [-0.25, -0.2) is 13.6 Å². The lowest BCUT2D eigenvalue weighted by molar-refractivity contribution is 0.247. The highest BCUT2D eigenvalue weighted by Crippen LogP contribution is 2.32. The standard InChI is InChI=1S/C20H18F2N4O2S/c21-13-4-1-3-12(9-13)10-18-25-26-20(29-18)24-19(27)23-16-5-2-8-28-17-7-6-14(22)11-15(16)17/h1,3-4,6-7,9,11,16H,2,5,8,10H2,(H2,23,24,26,27). The number of anilines is 1. The van der Waals surface area contributed by atoms with Crippen molar-refractivity contribution >= 4 is 22.5 Å². The summed E-state index contributed by atoms with van der Waals surface area (Å²) in [6, 6.07) is 9.71. The lowest BCUT2D eigenvalue weighted by Gasteiger charge is -2.18. The van der Waals surface area contributed by atoms with E-state index in [9.17, 15) is 13.6 Å². The Balaban J connectivity index is 1.40. The van der Waals surface area contributed by atoms with E-state index in [-0.39, 0.29) is 17.7 Å². The Morgan fingerprint density at radius 1 is 1.17 bits per heavy atom. The first kappa shape index (κ1) is 19.3. The van der Waals surface area contributed by atoms with Crippen LogP contribution in [0, 0.1) is 11.6 Å². The van der Waals surface area contributed by atoms with Crippen molar-refractivity contribution in [2.24, 2.45) is 0 Å². The third kappa shape index (κ3) is 4.86. The summed E-state index contributed by atoms with van der Waals surface area (Å²) in [5.41, 5.74) is 1.39. The number of fused-ring (bicyclic) bond motifs is 1. The first-order valence-electron chi connectivity index (χ1n) is 9.13. The van der Waals surface area contributed by atoms with Gasteiger partial charge in [-0.05, 0) is 48.7 Å². The minimum Gasteiger partial charge on any atom is -0.493 e. The fourth-order valence-corrected chi connectivity index (χ4v) is 3.96. The Kier molecular flexibility index (Phi) is 5.66. The molecular weight excluding hydrogens is 398 g/mol. The largest absolute Gasteiger partial charge is 0.493 e. The molecule has 0 fully saturated rings. The number of aromatic nitrogens is 2. The summed E-state index contributed by atoms with van der Waals surface area (Å²) in [6.07, 6.45) is 1.79. The van der Waals surface area contributed by atoms with E-state index in [0.29, 0.717) is 40.9 Å². The van der Waals surface area contributed by atoms with Crippen molar-refractivity contribution in [2.75, 3.05) is 11.9 Å². The maximum absolute atomic E-state index is 13.7. The molecule has 2 amide bonds. The number of benzene rings is 2. The molecule has 0 aliphatic carbocycles. The van der Waals surface area contributed by atoms with Gasteiger partial charge in [0.15, 0.2) is 0 Å². The van der Waals surface area contributed by atoms with Crippen molar-refractivity contribution in [3.05, 3.63) is 70.2 Å². The number of halogens is 2. The molecule has 0 spiro atoms. The van der Waals surface area contributed by atoms with Crippen molar-refractivity contribution in [3.8, 4) is 5.75 Å². The Labute approximate surface area is 169 Å². The van der Waals surface area contributed by atoms with Crippen LogP contribution >= 0.6 is 11.3 Å². The van der Waals surface area contributed by atoms with Crippen molar-refractivity contribution in [2.45, 2.75) is 25.3 Å². The molecule has 0 saturated carbocycles. The number of rotatable bonds is 4. The second kappa shape index (κ2) is 8.52. The fourth-order valence-electron chi connectivity index (χ4n) is 3.19. The van der Waals surface area contributed by atoms with Crippen LogP contribution < -0.4 is 15.4 Å². The number of urea groups is 1. The highest BCUT2D eigenvalue weighted by atomic mass is 32.1. The number of amides is 2. The van der Waals surface area contributed by atoms with Crippen LogP contribution in [0.15, 0.2) is 42.5 Å². The van der Waals surface area contributed by atoms with Gasteiger partial charge in [-0.1, -0.05) is 23.5 Å². The number of nitrogens with zero attached hydrogens (tertiary/aromatic N) is 2. The van der Waals surface area contributed by atoms with Gasteiger partial charge in [0, 0.05) is 12.0 Å². The summed E-state index contributed by atoms with van der Waals surface area (Å²) in [7, 11) is 0. The van der Waals surface area contributed by atoms with E-state index < -0.39 is 6.03 Å². The molecule has 0 radical (unpaired) electrons. The molecule has 2 aromatic carbocycles. The third-order valence-electron chi connectivity index (χ3n) is 4.48. The average Bonchev–Trinajstić information content (AvgIpc) is 3.02. The summed E-state index contributed by atoms with van der Waals surface area (Å²) in [6.45, 7) is 0.512. The highest BCUT2D eigenvalue weighted by molar-refractivity contribution is 7.15. The zero-order chi connectivity index (χ0) is 20.2. The summed E-state index contributed by atoms with van der Waals surface area (Å²) in [4.78, 5) is 12.4. The molecule has 6 nitrogen and oxygen atoms in total. The smallest absolute Gasteiger partial charge is 0.321 e. The minimum absolute atomic E-state index is 0.311. The van der Waals surface area contributed by atoms with E-state index in [1.165, 1.54) is 35.6 Å². The lowest BCUT2D eigenvalue weighted by atomic mass is 10.0.